The maximum absolute atomic E-state index is 14.2. The molecule has 0 aliphatic heterocycles. The first-order valence-corrected chi connectivity index (χ1v) is 12.4. The number of rotatable bonds is 17. The molecule has 0 aliphatic carbocycles. The summed E-state index contributed by atoms with van der Waals surface area (Å²) in [4.78, 5) is 25.1. The number of carbonyl (C=O) groups excluding carboxylic acids is 2. The number of alkyl halides is 2. The summed E-state index contributed by atoms with van der Waals surface area (Å²) in [6.07, 6.45) is 10.4. The van der Waals surface area contributed by atoms with Crippen LogP contribution in [0.3, 0.4) is 0 Å². The lowest BCUT2D eigenvalue weighted by Crippen LogP contribution is -2.23. The number of hydrogen-bond acceptors (Lipinski definition) is 4. The highest BCUT2D eigenvalue weighted by Gasteiger charge is 2.30. The van der Waals surface area contributed by atoms with Crippen LogP contribution in [-0.2, 0) is 14.3 Å². The number of allylic oxidation sites excluding steroid dienone is 7. The van der Waals surface area contributed by atoms with Crippen LogP contribution >= 0.6 is 0 Å². The van der Waals surface area contributed by atoms with Gasteiger partial charge in [0.05, 0.1) is 18.4 Å². The van der Waals surface area contributed by atoms with Gasteiger partial charge in [-0.3, -0.25) is 9.59 Å². The van der Waals surface area contributed by atoms with Gasteiger partial charge in [-0.2, -0.15) is 8.78 Å². The van der Waals surface area contributed by atoms with Crippen LogP contribution in [0.1, 0.15) is 75.2 Å². The summed E-state index contributed by atoms with van der Waals surface area (Å²) in [6, 6.07) is 0. The molecule has 0 amide bonds. The summed E-state index contributed by atoms with van der Waals surface area (Å²) >= 11 is 0. The number of carbonyl (C=O) groups is 2. The van der Waals surface area contributed by atoms with Gasteiger partial charge in [-0.05, 0) is 69.8 Å². The fraction of sp³-hybridized carbons (Fsp3) is 0.548. The van der Waals surface area contributed by atoms with E-state index in [9.17, 15) is 18.4 Å². The third-order valence-electron chi connectivity index (χ3n) is 5.90. The van der Waals surface area contributed by atoms with E-state index >= 15 is 0 Å². The minimum absolute atomic E-state index is 0. The molecule has 0 bridgehead atoms. The molecule has 0 saturated heterocycles. The Labute approximate surface area is 224 Å². The Morgan fingerprint density at radius 3 is 2.22 bits per heavy atom. The Kier molecular flexibility index (Phi) is 17.3. The highest BCUT2D eigenvalue weighted by atomic mass is 19.3. The lowest BCUT2D eigenvalue weighted by molar-refractivity contribution is -0.120. The zero-order valence-corrected chi connectivity index (χ0v) is 23.0. The Hall–Kier alpha value is -2.78. The van der Waals surface area contributed by atoms with Crippen molar-refractivity contribution < 1.29 is 23.1 Å². The van der Waals surface area contributed by atoms with Crippen LogP contribution in [0, 0.1) is 24.2 Å². The first-order chi connectivity index (χ1) is 16.7. The van der Waals surface area contributed by atoms with Crippen molar-refractivity contribution in [1.29, 1.82) is 0 Å². The molecule has 2 atom stereocenters. The molecule has 37 heavy (non-hydrogen) atoms. The largest absolute Gasteiger partial charge is 0.378 e. The van der Waals surface area contributed by atoms with Gasteiger partial charge in [0.25, 0.3) is 5.92 Å². The van der Waals surface area contributed by atoms with Crippen LogP contribution in [0.15, 0.2) is 59.4 Å². The predicted octanol–water partition coefficient (Wildman–Crippen LogP) is 7.40. The third-order valence-corrected chi connectivity index (χ3v) is 5.90. The summed E-state index contributed by atoms with van der Waals surface area (Å²) < 4.78 is 34.2. The average Bonchev–Trinajstić information content (AvgIpc) is 2.81. The van der Waals surface area contributed by atoms with Crippen molar-refractivity contribution in [3.63, 3.8) is 0 Å². The van der Waals surface area contributed by atoms with Gasteiger partial charge in [0, 0.05) is 29.2 Å². The van der Waals surface area contributed by atoms with Crippen LogP contribution in [0.25, 0.3) is 0 Å². The van der Waals surface area contributed by atoms with Crippen molar-refractivity contribution in [3.05, 3.63) is 59.4 Å². The minimum Gasteiger partial charge on any atom is -0.378 e. The van der Waals surface area contributed by atoms with Crippen molar-refractivity contribution in [3.8, 4) is 12.3 Å². The summed E-state index contributed by atoms with van der Waals surface area (Å²) in [5.41, 5.74) is 1.13. The Bertz CT molecular complexity index is 933. The molecular formula is C31H47F2NO3. The second-order valence-electron chi connectivity index (χ2n) is 9.48. The molecular weight excluding hydrogens is 472 g/mol. The van der Waals surface area contributed by atoms with Gasteiger partial charge in [-0.15, -0.1) is 6.42 Å². The van der Waals surface area contributed by atoms with Gasteiger partial charge in [0.15, 0.2) is 11.6 Å². The quantitative estimate of drug-likeness (QED) is 0.0942. The highest BCUT2D eigenvalue weighted by Crippen LogP contribution is 2.31. The monoisotopic (exact) mass is 519 g/mol. The van der Waals surface area contributed by atoms with E-state index in [0.29, 0.717) is 48.2 Å². The molecule has 208 valence electrons. The average molecular weight is 520 g/mol. The number of Topliss-reactive ketones (excluding diaryl/α,β-unsaturated/α-hetero) is 2. The van der Waals surface area contributed by atoms with Crippen molar-refractivity contribution in [2.45, 2.75) is 87.2 Å². The van der Waals surface area contributed by atoms with Crippen molar-refractivity contribution in [1.82, 2.24) is 5.32 Å². The smallest absolute Gasteiger partial charge is 0.291 e. The summed E-state index contributed by atoms with van der Waals surface area (Å²) in [5, 5.41) is 3.01. The van der Waals surface area contributed by atoms with Crippen LogP contribution in [0.4, 0.5) is 8.78 Å². The number of ketones is 2. The predicted molar refractivity (Wildman–Crippen MR) is 151 cm³/mol. The molecule has 0 fully saturated rings. The van der Waals surface area contributed by atoms with E-state index in [0.717, 1.165) is 6.42 Å². The summed E-state index contributed by atoms with van der Waals surface area (Å²) in [6.45, 7) is 20.1. The molecule has 0 aromatic heterocycles. The van der Waals surface area contributed by atoms with Crippen LogP contribution < -0.4 is 5.32 Å². The van der Waals surface area contributed by atoms with E-state index in [1.165, 1.54) is 19.1 Å². The molecule has 2 unspecified atom stereocenters. The van der Waals surface area contributed by atoms with Crippen LogP contribution in [0.2, 0.25) is 0 Å². The van der Waals surface area contributed by atoms with E-state index in [1.54, 1.807) is 20.8 Å². The normalized spacial score (nSPS) is 14.6. The van der Waals surface area contributed by atoms with Crippen molar-refractivity contribution in [2.24, 2.45) is 11.8 Å². The molecule has 0 saturated carbocycles. The first kappa shape index (κ1) is 36.4. The number of hydrogen-bond donors (Lipinski definition) is 1. The van der Waals surface area contributed by atoms with Crippen molar-refractivity contribution >= 4 is 11.6 Å². The van der Waals surface area contributed by atoms with E-state index in [4.69, 9.17) is 11.2 Å². The molecule has 6 heteroatoms. The molecule has 0 aromatic rings. The number of halogens is 2. The molecule has 0 rings (SSSR count). The second-order valence-corrected chi connectivity index (χ2v) is 9.48. The van der Waals surface area contributed by atoms with Crippen LogP contribution in [-0.4, -0.2) is 36.7 Å². The van der Waals surface area contributed by atoms with E-state index in [1.807, 2.05) is 6.92 Å². The van der Waals surface area contributed by atoms with Gasteiger partial charge in [0.2, 0.25) is 0 Å². The molecule has 0 radical (unpaired) electrons. The first-order valence-electron chi connectivity index (χ1n) is 12.4. The molecule has 0 spiro atoms. The maximum atomic E-state index is 14.2. The SMILES string of the molecule is C.C#C/C(=C\C=C(/C(=C)CC)C(F)(F)C=C)NCCC(C)C(=O)/C(C)=C(/COC(C)CC(C)C)C(C)=O. The standard InChI is InChI=1S/C30H43F2NO3.CH4/c1-11-21(6)28(30(31,32)13-3)15-14-26(12-2)33-17-16-22(7)29(35)24(9)27(25(10)34)19-36-23(8)18-20(4)5;/h2,13-15,20,22-23,33H,3,6,11,16-19H2,1,4-5,7-10H3;1H4/b26-14+,27-24-,28-15+;. The number of terminal acetylenes is 1. The lowest BCUT2D eigenvalue weighted by Gasteiger charge is -2.18. The van der Waals surface area contributed by atoms with E-state index in [2.05, 4.69) is 38.2 Å². The van der Waals surface area contributed by atoms with Gasteiger partial charge < -0.3 is 10.1 Å². The van der Waals surface area contributed by atoms with Crippen molar-refractivity contribution in [2.75, 3.05) is 13.2 Å². The fourth-order valence-corrected chi connectivity index (χ4v) is 3.59. The zero-order valence-electron chi connectivity index (χ0n) is 23.0. The molecule has 1 N–H and O–H groups in total. The van der Waals surface area contributed by atoms with E-state index in [-0.39, 0.29) is 48.8 Å². The Balaban J connectivity index is 0. The molecule has 0 aromatic carbocycles. The molecule has 0 heterocycles. The lowest BCUT2D eigenvalue weighted by atomic mass is 9.93. The summed E-state index contributed by atoms with van der Waals surface area (Å²) in [5.74, 6) is -1.03. The van der Waals surface area contributed by atoms with E-state index < -0.39 is 5.92 Å². The second kappa shape index (κ2) is 17.6. The minimum atomic E-state index is -3.22. The zero-order chi connectivity index (χ0) is 28.1. The van der Waals surface area contributed by atoms with Gasteiger partial charge in [-0.25, -0.2) is 0 Å². The third kappa shape index (κ3) is 12.8. The topological polar surface area (TPSA) is 55.4 Å². The molecule has 0 aliphatic rings. The fourth-order valence-electron chi connectivity index (χ4n) is 3.59. The van der Waals surface area contributed by atoms with Gasteiger partial charge in [0.1, 0.15) is 0 Å². The molecule has 4 nitrogen and oxygen atoms in total. The number of nitrogens with one attached hydrogen (secondary N) is 1. The highest BCUT2D eigenvalue weighted by molar-refractivity contribution is 6.06. The Morgan fingerprint density at radius 2 is 1.76 bits per heavy atom. The maximum Gasteiger partial charge on any atom is 0.291 e. The number of ether oxygens (including phenoxy) is 1. The Morgan fingerprint density at radius 1 is 1.16 bits per heavy atom. The summed E-state index contributed by atoms with van der Waals surface area (Å²) in [7, 11) is 0. The van der Waals surface area contributed by atoms with Crippen LogP contribution in [0.5, 0.6) is 0 Å². The van der Waals surface area contributed by atoms with Gasteiger partial charge >= 0.3 is 0 Å². The van der Waals surface area contributed by atoms with Gasteiger partial charge in [-0.1, -0.05) is 54.2 Å².